The molecule has 1 aliphatic rings. The van der Waals surface area contributed by atoms with Gasteiger partial charge in [-0.25, -0.2) is 0 Å². The predicted octanol–water partition coefficient (Wildman–Crippen LogP) is 5.85. The first-order valence-electron chi connectivity index (χ1n) is 8.96. The molecule has 0 spiro atoms. The lowest BCUT2D eigenvalue weighted by atomic mass is 9.79. The van der Waals surface area contributed by atoms with E-state index >= 15 is 0 Å². The lowest BCUT2D eigenvalue weighted by molar-refractivity contribution is 0.289. The van der Waals surface area contributed by atoms with E-state index < -0.39 is 0 Å². The van der Waals surface area contributed by atoms with Crippen LogP contribution < -0.4 is 0 Å². The van der Waals surface area contributed by atoms with Crippen molar-refractivity contribution in [2.24, 2.45) is 11.8 Å². The van der Waals surface area contributed by atoms with Gasteiger partial charge in [0.15, 0.2) is 0 Å². The van der Waals surface area contributed by atoms with Crippen LogP contribution in [0.4, 0.5) is 0 Å². The minimum atomic E-state index is 0.660. The molecule has 1 aliphatic carbocycles. The molecule has 0 bridgehead atoms. The van der Waals surface area contributed by atoms with E-state index in [1.807, 2.05) is 0 Å². The SMILES string of the molecule is CCc1ccc(CCCCC2CCC(/C=C/C#N)CC2)cc1. The van der Waals surface area contributed by atoms with Crippen LogP contribution in [-0.4, -0.2) is 0 Å². The van der Waals surface area contributed by atoms with Crippen molar-refractivity contribution in [1.29, 1.82) is 5.26 Å². The number of hydrogen-bond acceptors (Lipinski definition) is 1. The van der Waals surface area contributed by atoms with Crippen LogP contribution in [0.25, 0.3) is 0 Å². The zero-order valence-electron chi connectivity index (χ0n) is 13.9. The van der Waals surface area contributed by atoms with Crippen LogP contribution in [0.5, 0.6) is 0 Å². The molecular weight excluding hydrogens is 266 g/mol. The van der Waals surface area contributed by atoms with Gasteiger partial charge in [0.2, 0.25) is 0 Å². The molecule has 2 rings (SSSR count). The molecule has 1 aromatic carbocycles. The molecule has 1 saturated carbocycles. The monoisotopic (exact) mass is 295 g/mol. The van der Waals surface area contributed by atoms with Gasteiger partial charge in [0.1, 0.15) is 0 Å². The van der Waals surface area contributed by atoms with Crippen molar-refractivity contribution in [2.45, 2.75) is 64.7 Å². The van der Waals surface area contributed by atoms with Crippen LogP contribution in [0.15, 0.2) is 36.4 Å². The number of benzene rings is 1. The van der Waals surface area contributed by atoms with Gasteiger partial charge in [-0.1, -0.05) is 50.1 Å². The number of hydrogen-bond donors (Lipinski definition) is 0. The summed E-state index contributed by atoms with van der Waals surface area (Å²) in [6, 6.07) is 11.2. The quantitative estimate of drug-likeness (QED) is 0.457. The molecule has 22 heavy (non-hydrogen) atoms. The van der Waals surface area contributed by atoms with E-state index in [1.165, 1.54) is 62.5 Å². The number of allylic oxidation sites excluding steroid dienone is 2. The molecule has 0 amide bonds. The summed E-state index contributed by atoms with van der Waals surface area (Å²) in [5.41, 5.74) is 2.92. The van der Waals surface area contributed by atoms with Crippen molar-refractivity contribution >= 4 is 0 Å². The molecule has 0 aliphatic heterocycles. The maximum Gasteiger partial charge on any atom is 0.0908 e. The predicted molar refractivity (Wildman–Crippen MR) is 93.6 cm³/mol. The molecule has 118 valence electrons. The van der Waals surface area contributed by atoms with Gasteiger partial charge in [-0.15, -0.1) is 0 Å². The molecule has 0 N–H and O–H groups in total. The van der Waals surface area contributed by atoms with E-state index in [1.54, 1.807) is 6.08 Å². The van der Waals surface area contributed by atoms with Crippen LogP contribution >= 0.6 is 0 Å². The highest BCUT2D eigenvalue weighted by atomic mass is 14.3. The second-order valence-electron chi connectivity index (χ2n) is 6.68. The number of nitrogens with zero attached hydrogens (tertiary/aromatic N) is 1. The van der Waals surface area contributed by atoms with Crippen molar-refractivity contribution in [3.05, 3.63) is 47.5 Å². The first-order valence-corrected chi connectivity index (χ1v) is 8.96. The second kappa shape index (κ2) is 9.46. The van der Waals surface area contributed by atoms with E-state index in [-0.39, 0.29) is 0 Å². The van der Waals surface area contributed by atoms with E-state index in [4.69, 9.17) is 5.26 Å². The van der Waals surface area contributed by atoms with Crippen molar-refractivity contribution in [3.8, 4) is 6.07 Å². The Morgan fingerprint density at radius 2 is 1.73 bits per heavy atom. The highest BCUT2D eigenvalue weighted by Crippen LogP contribution is 2.32. The van der Waals surface area contributed by atoms with Crippen LogP contribution in [-0.2, 0) is 12.8 Å². The largest absolute Gasteiger partial charge is 0.193 e. The molecule has 1 fully saturated rings. The molecule has 0 unspecified atom stereocenters. The molecule has 1 aromatic rings. The lowest BCUT2D eigenvalue weighted by Crippen LogP contribution is -2.13. The third-order valence-electron chi connectivity index (χ3n) is 5.09. The molecule has 1 heteroatoms. The van der Waals surface area contributed by atoms with Gasteiger partial charge >= 0.3 is 0 Å². The fourth-order valence-corrected chi connectivity index (χ4v) is 3.55. The average molecular weight is 295 g/mol. The van der Waals surface area contributed by atoms with E-state index in [2.05, 4.69) is 43.3 Å². The zero-order valence-corrected chi connectivity index (χ0v) is 13.9. The first-order chi connectivity index (χ1) is 10.8. The third-order valence-corrected chi connectivity index (χ3v) is 5.09. The van der Waals surface area contributed by atoms with Gasteiger partial charge in [-0.3, -0.25) is 0 Å². The molecule has 0 saturated heterocycles. The zero-order chi connectivity index (χ0) is 15.6. The summed E-state index contributed by atoms with van der Waals surface area (Å²) in [6.45, 7) is 2.21. The molecule has 0 radical (unpaired) electrons. The molecule has 0 aromatic heterocycles. The van der Waals surface area contributed by atoms with Gasteiger partial charge in [-0.05, 0) is 67.9 Å². The van der Waals surface area contributed by atoms with Crippen LogP contribution in [0, 0.1) is 23.2 Å². The van der Waals surface area contributed by atoms with E-state index in [9.17, 15) is 0 Å². The van der Waals surface area contributed by atoms with Crippen molar-refractivity contribution < 1.29 is 0 Å². The Morgan fingerprint density at radius 3 is 2.36 bits per heavy atom. The Morgan fingerprint density at radius 1 is 1.05 bits per heavy atom. The third kappa shape index (κ3) is 5.68. The Bertz CT molecular complexity index is 484. The maximum absolute atomic E-state index is 8.58. The number of aryl methyl sites for hydroxylation is 2. The van der Waals surface area contributed by atoms with E-state index in [0.29, 0.717) is 5.92 Å². The average Bonchev–Trinajstić information content (AvgIpc) is 2.58. The van der Waals surface area contributed by atoms with Crippen molar-refractivity contribution in [1.82, 2.24) is 0 Å². The summed E-state index contributed by atoms with van der Waals surface area (Å²) in [4.78, 5) is 0. The summed E-state index contributed by atoms with van der Waals surface area (Å²) in [5, 5.41) is 8.58. The minimum Gasteiger partial charge on any atom is -0.193 e. The minimum absolute atomic E-state index is 0.660. The standard InChI is InChI=1S/C21H29N/c1-2-18-9-11-19(12-10-18)6-3-4-7-20-13-15-21(16-14-20)8-5-17-22/h5,8-12,20-21H,2-4,6-7,13-16H2,1H3/b8-5+. The van der Waals surface area contributed by atoms with Crippen LogP contribution in [0.3, 0.4) is 0 Å². The van der Waals surface area contributed by atoms with Crippen LogP contribution in [0.1, 0.15) is 63.0 Å². The Labute approximate surface area is 136 Å². The smallest absolute Gasteiger partial charge is 0.0908 e. The Kier molecular flexibility index (Phi) is 7.23. The fraction of sp³-hybridized carbons (Fsp3) is 0.571. The number of unbranched alkanes of at least 4 members (excludes halogenated alkanes) is 1. The summed E-state index contributed by atoms with van der Waals surface area (Å²) in [5.74, 6) is 1.59. The van der Waals surface area contributed by atoms with Gasteiger partial charge in [0.05, 0.1) is 6.07 Å². The Hall–Kier alpha value is -1.55. The van der Waals surface area contributed by atoms with Gasteiger partial charge in [0.25, 0.3) is 0 Å². The molecule has 1 nitrogen and oxygen atoms in total. The van der Waals surface area contributed by atoms with Crippen LogP contribution in [0.2, 0.25) is 0 Å². The summed E-state index contributed by atoms with van der Waals surface area (Å²) in [6.07, 6.45) is 15.5. The van der Waals surface area contributed by atoms with E-state index in [0.717, 1.165) is 12.3 Å². The Balaban J connectivity index is 1.59. The van der Waals surface area contributed by atoms with Gasteiger partial charge in [0, 0.05) is 6.08 Å². The maximum atomic E-state index is 8.58. The van der Waals surface area contributed by atoms with Crippen molar-refractivity contribution in [2.75, 3.05) is 0 Å². The lowest BCUT2D eigenvalue weighted by Gasteiger charge is -2.26. The number of rotatable bonds is 7. The van der Waals surface area contributed by atoms with Gasteiger partial charge in [-0.2, -0.15) is 5.26 Å². The molecule has 0 heterocycles. The highest BCUT2D eigenvalue weighted by molar-refractivity contribution is 5.22. The van der Waals surface area contributed by atoms with Gasteiger partial charge < -0.3 is 0 Å². The second-order valence-corrected chi connectivity index (χ2v) is 6.68. The number of nitriles is 1. The van der Waals surface area contributed by atoms with Crippen molar-refractivity contribution in [3.63, 3.8) is 0 Å². The summed E-state index contributed by atoms with van der Waals surface area (Å²) >= 11 is 0. The fourth-order valence-electron chi connectivity index (χ4n) is 3.55. The normalized spacial score (nSPS) is 21.8. The highest BCUT2D eigenvalue weighted by Gasteiger charge is 2.18. The summed E-state index contributed by atoms with van der Waals surface area (Å²) in [7, 11) is 0. The summed E-state index contributed by atoms with van der Waals surface area (Å²) < 4.78 is 0. The topological polar surface area (TPSA) is 23.8 Å². The molecular formula is C21H29N. The molecule has 0 atom stereocenters. The first kappa shape index (κ1) is 16.8.